The molecule has 1 saturated heterocycles. The number of pyridine rings is 1. The zero-order valence-corrected chi connectivity index (χ0v) is 24.4. The summed E-state index contributed by atoms with van der Waals surface area (Å²) in [5.74, 6) is -0.485. The topological polar surface area (TPSA) is 142 Å². The van der Waals surface area contributed by atoms with Crippen molar-refractivity contribution in [2.45, 2.75) is 32.2 Å². The molecule has 0 spiro atoms. The molecule has 1 aromatic carbocycles. The molecular formula is C29H26F2N10OS. The molecule has 6 heterocycles. The van der Waals surface area contributed by atoms with E-state index in [1.54, 1.807) is 12.3 Å². The molecule has 7 rings (SSSR count). The van der Waals surface area contributed by atoms with Crippen molar-refractivity contribution in [1.82, 2.24) is 30.0 Å². The molecule has 4 aromatic heterocycles. The van der Waals surface area contributed by atoms with Gasteiger partial charge < -0.3 is 25.6 Å². The lowest BCUT2D eigenvalue weighted by molar-refractivity contribution is 0.132. The SMILES string of the molecule is CN(C)C1(C)CN(c2nc(NCc3cccnn3)c3c4c(c(-c5ncc(F)c6sc(N)c(C#N)c56)c(F)c3n2)COC4)C1. The van der Waals surface area contributed by atoms with Crippen molar-refractivity contribution in [3.05, 3.63) is 58.5 Å². The summed E-state index contributed by atoms with van der Waals surface area (Å²) >= 11 is 0.937. The molecule has 3 N–H and O–H groups in total. The molecule has 1 fully saturated rings. The average Bonchev–Trinajstić information content (AvgIpc) is 3.60. The maximum atomic E-state index is 17.0. The van der Waals surface area contributed by atoms with Crippen molar-refractivity contribution >= 4 is 49.1 Å². The van der Waals surface area contributed by atoms with Crippen molar-refractivity contribution in [3.63, 3.8) is 0 Å². The van der Waals surface area contributed by atoms with Crippen molar-refractivity contribution in [3.8, 4) is 17.3 Å². The van der Waals surface area contributed by atoms with Crippen molar-refractivity contribution in [2.24, 2.45) is 0 Å². The first-order valence-corrected chi connectivity index (χ1v) is 14.3. The number of thiophene rings is 1. The highest BCUT2D eigenvalue weighted by atomic mass is 32.1. The van der Waals surface area contributed by atoms with E-state index in [4.69, 9.17) is 20.4 Å². The Morgan fingerprint density at radius 1 is 1.21 bits per heavy atom. The smallest absolute Gasteiger partial charge is 0.228 e. The van der Waals surface area contributed by atoms with Gasteiger partial charge in [-0.25, -0.2) is 13.8 Å². The van der Waals surface area contributed by atoms with Crippen LogP contribution in [0.1, 0.15) is 29.3 Å². The summed E-state index contributed by atoms with van der Waals surface area (Å²) in [6.45, 7) is 4.03. The van der Waals surface area contributed by atoms with E-state index in [1.807, 2.05) is 31.1 Å². The van der Waals surface area contributed by atoms with Gasteiger partial charge in [-0.3, -0.25) is 4.98 Å². The zero-order chi connectivity index (χ0) is 30.0. The monoisotopic (exact) mass is 600 g/mol. The number of hydrogen-bond acceptors (Lipinski definition) is 12. The molecule has 14 heteroatoms. The third-order valence-corrected chi connectivity index (χ3v) is 9.35. The largest absolute Gasteiger partial charge is 0.389 e. The molecule has 5 aromatic rings. The summed E-state index contributed by atoms with van der Waals surface area (Å²) in [5, 5.41) is 22.1. The van der Waals surface area contributed by atoms with Crippen LogP contribution in [0.4, 0.5) is 25.5 Å². The number of nitrogens with zero attached hydrogens (tertiary/aromatic N) is 8. The quantitative estimate of drug-likeness (QED) is 0.289. The van der Waals surface area contributed by atoms with Gasteiger partial charge in [0, 0.05) is 30.2 Å². The first-order valence-electron chi connectivity index (χ1n) is 13.5. The fourth-order valence-corrected chi connectivity index (χ4v) is 6.65. The Hall–Kier alpha value is -4.58. The number of likely N-dealkylation sites (N-methyl/N-ethyl adjacent to an activating group) is 1. The fraction of sp³-hybridized carbons (Fsp3) is 0.310. The number of anilines is 3. The van der Waals surface area contributed by atoms with Crippen molar-refractivity contribution in [1.29, 1.82) is 5.26 Å². The molecule has 218 valence electrons. The number of ether oxygens (including phenoxy) is 1. The van der Waals surface area contributed by atoms with Crippen molar-refractivity contribution < 1.29 is 13.5 Å². The second kappa shape index (κ2) is 10.0. The van der Waals surface area contributed by atoms with Gasteiger partial charge in [-0.2, -0.15) is 20.4 Å². The molecule has 0 radical (unpaired) electrons. The molecule has 43 heavy (non-hydrogen) atoms. The van der Waals surface area contributed by atoms with Crippen molar-refractivity contribution in [2.75, 3.05) is 43.1 Å². The van der Waals surface area contributed by atoms with Gasteiger partial charge in [0.05, 0.1) is 58.5 Å². The van der Waals surface area contributed by atoms with Gasteiger partial charge in [0.2, 0.25) is 5.95 Å². The predicted molar refractivity (Wildman–Crippen MR) is 159 cm³/mol. The third kappa shape index (κ3) is 4.22. The van der Waals surface area contributed by atoms with Gasteiger partial charge in [-0.05, 0) is 44.3 Å². The maximum Gasteiger partial charge on any atom is 0.228 e. The Morgan fingerprint density at radius 3 is 2.72 bits per heavy atom. The molecule has 0 amide bonds. The third-order valence-electron chi connectivity index (χ3n) is 8.32. The van der Waals surface area contributed by atoms with Gasteiger partial charge in [0.1, 0.15) is 22.4 Å². The molecule has 2 aliphatic rings. The number of hydrogen-bond donors (Lipinski definition) is 2. The van der Waals surface area contributed by atoms with E-state index >= 15 is 4.39 Å². The van der Waals surface area contributed by atoms with Crippen LogP contribution in [0.25, 0.3) is 32.2 Å². The van der Waals surface area contributed by atoms with Gasteiger partial charge in [0.15, 0.2) is 11.6 Å². The van der Waals surface area contributed by atoms with E-state index in [-0.39, 0.29) is 56.2 Å². The molecule has 11 nitrogen and oxygen atoms in total. The zero-order valence-electron chi connectivity index (χ0n) is 23.6. The minimum absolute atomic E-state index is 0.0624. The van der Waals surface area contributed by atoms with Crippen LogP contribution >= 0.6 is 11.3 Å². The van der Waals surface area contributed by atoms with E-state index < -0.39 is 11.6 Å². The van der Waals surface area contributed by atoms with Crippen LogP contribution < -0.4 is 16.0 Å². The molecule has 0 bridgehead atoms. The molecule has 0 aliphatic carbocycles. The lowest BCUT2D eigenvalue weighted by atomic mass is 9.91. The number of benzene rings is 1. The molecule has 0 saturated carbocycles. The van der Waals surface area contributed by atoms with Crippen LogP contribution in [0.15, 0.2) is 24.5 Å². The highest BCUT2D eigenvalue weighted by Crippen LogP contribution is 2.46. The van der Waals surface area contributed by atoms with Crippen LogP contribution in [-0.2, 0) is 24.5 Å². The lowest BCUT2D eigenvalue weighted by Gasteiger charge is -2.51. The highest BCUT2D eigenvalue weighted by molar-refractivity contribution is 7.23. The Morgan fingerprint density at radius 2 is 2.00 bits per heavy atom. The minimum atomic E-state index is -0.657. The van der Waals surface area contributed by atoms with Gasteiger partial charge >= 0.3 is 0 Å². The number of rotatable bonds is 6. The molecule has 0 atom stereocenters. The van der Waals surface area contributed by atoms with E-state index in [2.05, 4.69) is 32.3 Å². The first kappa shape index (κ1) is 27.3. The summed E-state index contributed by atoms with van der Waals surface area (Å²) in [6.07, 6.45) is 2.62. The Labute approximate surface area is 249 Å². The number of nitriles is 1. The summed E-state index contributed by atoms with van der Waals surface area (Å²) in [7, 11) is 4.04. The number of nitrogen functional groups attached to an aromatic ring is 1. The average molecular weight is 601 g/mol. The lowest BCUT2D eigenvalue weighted by Crippen LogP contribution is -2.67. The maximum absolute atomic E-state index is 17.0. The van der Waals surface area contributed by atoms with Crippen LogP contribution in [0.2, 0.25) is 0 Å². The standard InChI is InChI=1S/C29H26F2N10OS/c1-29(40(2)3)12-41(13-29)28-37-24-21(27(38-28)35-8-14-5-4-6-36-39-14)17-11-42-10-16(17)19(22(24)31)23-20-15(7-32)26(33)43-25(20)18(30)9-34-23/h4-6,9H,8,10-13,33H2,1-3H3,(H,35,37,38). The normalized spacial score (nSPS) is 15.6. The van der Waals surface area contributed by atoms with Crippen LogP contribution in [-0.4, -0.2) is 62.8 Å². The number of halogens is 2. The van der Waals surface area contributed by atoms with Crippen LogP contribution in [0.3, 0.4) is 0 Å². The summed E-state index contributed by atoms with van der Waals surface area (Å²) in [6, 6.07) is 5.67. The predicted octanol–water partition coefficient (Wildman–Crippen LogP) is 4.21. The van der Waals surface area contributed by atoms with E-state index in [1.165, 1.54) is 0 Å². The molecule has 0 unspecified atom stereocenters. The van der Waals surface area contributed by atoms with E-state index in [9.17, 15) is 9.65 Å². The first-order chi connectivity index (χ1) is 20.7. The second-order valence-electron chi connectivity index (χ2n) is 11.2. The fourth-order valence-electron chi connectivity index (χ4n) is 5.73. The van der Waals surface area contributed by atoms with Gasteiger partial charge in [-0.15, -0.1) is 11.3 Å². The number of nitrogens with one attached hydrogen (secondary N) is 1. The molecular weight excluding hydrogens is 574 g/mol. The summed E-state index contributed by atoms with van der Waals surface area (Å²) < 4.78 is 37.8. The minimum Gasteiger partial charge on any atom is -0.389 e. The Bertz CT molecular complexity index is 1970. The summed E-state index contributed by atoms with van der Waals surface area (Å²) in [5.41, 5.74) is 8.29. The molecule has 2 aliphatic heterocycles. The second-order valence-corrected chi connectivity index (χ2v) is 12.2. The van der Waals surface area contributed by atoms with E-state index in [0.717, 1.165) is 17.5 Å². The number of fused-ring (bicyclic) bond motifs is 4. The Kier molecular flexibility index (Phi) is 6.35. The van der Waals surface area contributed by atoms with Gasteiger partial charge in [0.25, 0.3) is 0 Å². The van der Waals surface area contributed by atoms with E-state index in [0.29, 0.717) is 53.6 Å². The number of aromatic nitrogens is 5. The van der Waals surface area contributed by atoms with Crippen LogP contribution in [0.5, 0.6) is 0 Å². The number of nitrogens with two attached hydrogens (primary N) is 1. The Balaban J connectivity index is 1.47. The summed E-state index contributed by atoms with van der Waals surface area (Å²) in [4.78, 5) is 18.1. The highest BCUT2D eigenvalue weighted by Gasteiger charge is 2.42. The van der Waals surface area contributed by atoms with Gasteiger partial charge in [-0.1, -0.05) is 0 Å². The van der Waals surface area contributed by atoms with Crippen LogP contribution in [0, 0.1) is 23.0 Å².